The number of carbonyl (C=O) groups is 1. The van der Waals surface area contributed by atoms with Crippen LogP contribution in [0.1, 0.15) is 19.4 Å². The van der Waals surface area contributed by atoms with Gasteiger partial charge in [-0.3, -0.25) is 0 Å². The van der Waals surface area contributed by atoms with E-state index in [1.54, 1.807) is 20.1 Å². The molecular formula is C15H18O3. The molecule has 0 saturated heterocycles. The lowest BCUT2D eigenvalue weighted by Gasteiger charge is -2.00. The fourth-order valence-corrected chi connectivity index (χ4v) is 1.40. The lowest BCUT2D eigenvalue weighted by molar-refractivity contribution is -0.137. The van der Waals surface area contributed by atoms with Gasteiger partial charge in [0.1, 0.15) is 5.75 Å². The minimum absolute atomic E-state index is 0.319. The standard InChI is InChI=1S/C15H18O3/c1-4-18-15(16)10-5-12(2)11-13-6-8-14(17-3)9-7-13/h5-11H,4H2,1-3H3/b10-5+,12-11+. The molecule has 1 rings (SSSR count). The summed E-state index contributed by atoms with van der Waals surface area (Å²) in [7, 11) is 1.64. The highest BCUT2D eigenvalue weighted by Gasteiger charge is 1.94. The quantitative estimate of drug-likeness (QED) is 0.454. The molecule has 3 heteroatoms. The average Bonchev–Trinajstić information content (AvgIpc) is 2.38. The number of hydrogen-bond donors (Lipinski definition) is 0. The number of benzene rings is 1. The Hall–Kier alpha value is -2.03. The van der Waals surface area contributed by atoms with Crippen molar-refractivity contribution >= 4 is 12.0 Å². The van der Waals surface area contributed by atoms with Crippen molar-refractivity contribution < 1.29 is 14.3 Å². The maximum absolute atomic E-state index is 11.1. The van der Waals surface area contributed by atoms with Gasteiger partial charge in [0, 0.05) is 6.08 Å². The van der Waals surface area contributed by atoms with Gasteiger partial charge in [-0.2, -0.15) is 0 Å². The second-order valence-electron chi connectivity index (χ2n) is 3.75. The van der Waals surface area contributed by atoms with Gasteiger partial charge in [-0.1, -0.05) is 29.9 Å². The van der Waals surface area contributed by atoms with E-state index in [0.717, 1.165) is 16.9 Å². The van der Waals surface area contributed by atoms with Gasteiger partial charge < -0.3 is 9.47 Å². The van der Waals surface area contributed by atoms with Crippen molar-refractivity contribution in [3.05, 3.63) is 47.6 Å². The van der Waals surface area contributed by atoms with Crippen molar-refractivity contribution in [2.45, 2.75) is 13.8 Å². The molecule has 3 nitrogen and oxygen atoms in total. The molecule has 0 bridgehead atoms. The first-order valence-corrected chi connectivity index (χ1v) is 5.83. The van der Waals surface area contributed by atoms with E-state index in [1.165, 1.54) is 6.08 Å². The topological polar surface area (TPSA) is 35.5 Å². The van der Waals surface area contributed by atoms with Crippen LogP contribution in [-0.2, 0) is 9.53 Å². The van der Waals surface area contributed by atoms with Gasteiger partial charge in [-0.05, 0) is 31.5 Å². The van der Waals surface area contributed by atoms with Crippen LogP contribution in [0.5, 0.6) is 5.75 Å². The Morgan fingerprint density at radius 2 is 1.89 bits per heavy atom. The largest absolute Gasteiger partial charge is 0.497 e. The molecule has 0 amide bonds. The number of allylic oxidation sites excluding steroid dienone is 2. The Morgan fingerprint density at radius 1 is 1.22 bits per heavy atom. The van der Waals surface area contributed by atoms with Crippen molar-refractivity contribution in [3.8, 4) is 5.75 Å². The van der Waals surface area contributed by atoms with E-state index in [9.17, 15) is 4.79 Å². The molecule has 0 heterocycles. The van der Waals surface area contributed by atoms with E-state index in [2.05, 4.69) is 0 Å². The van der Waals surface area contributed by atoms with E-state index in [0.29, 0.717) is 6.61 Å². The van der Waals surface area contributed by atoms with Crippen molar-refractivity contribution in [3.63, 3.8) is 0 Å². The van der Waals surface area contributed by atoms with Gasteiger partial charge in [-0.25, -0.2) is 4.79 Å². The first-order valence-electron chi connectivity index (χ1n) is 5.83. The van der Waals surface area contributed by atoms with Crippen LogP contribution in [0.15, 0.2) is 42.0 Å². The van der Waals surface area contributed by atoms with Crippen molar-refractivity contribution in [2.24, 2.45) is 0 Å². The van der Waals surface area contributed by atoms with Crippen LogP contribution < -0.4 is 4.74 Å². The van der Waals surface area contributed by atoms with Crippen LogP contribution in [0.4, 0.5) is 0 Å². The van der Waals surface area contributed by atoms with Crippen LogP contribution in [-0.4, -0.2) is 19.7 Å². The molecule has 0 unspecified atom stereocenters. The number of methoxy groups -OCH3 is 1. The number of hydrogen-bond acceptors (Lipinski definition) is 3. The zero-order valence-corrected chi connectivity index (χ0v) is 11.0. The summed E-state index contributed by atoms with van der Waals surface area (Å²) in [5.41, 5.74) is 2.04. The monoisotopic (exact) mass is 246 g/mol. The summed E-state index contributed by atoms with van der Waals surface area (Å²) in [6.07, 6.45) is 5.15. The van der Waals surface area contributed by atoms with E-state index in [4.69, 9.17) is 9.47 Å². The van der Waals surface area contributed by atoms with Gasteiger partial charge in [0.05, 0.1) is 13.7 Å². The number of rotatable bonds is 5. The second-order valence-corrected chi connectivity index (χ2v) is 3.75. The van der Waals surface area contributed by atoms with E-state index in [-0.39, 0.29) is 5.97 Å². The summed E-state index contributed by atoms with van der Waals surface area (Å²) in [5.74, 6) is 0.506. The predicted molar refractivity (Wildman–Crippen MR) is 72.4 cm³/mol. The summed E-state index contributed by atoms with van der Waals surface area (Å²) < 4.78 is 9.89. The SMILES string of the molecule is CCOC(=O)/C=C/C(C)=C/c1ccc(OC)cc1. The molecule has 1 aromatic carbocycles. The molecule has 0 aromatic heterocycles. The molecule has 0 saturated carbocycles. The summed E-state index contributed by atoms with van der Waals surface area (Å²) in [4.78, 5) is 11.1. The molecule has 0 radical (unpaired) electrons. The zero-order valence-electron chi connectivity index (χ0n) is 11.0. The molecule has 0 aliphatic carbocycles. The van der Waals surface area contributed by atoms with Crippen LogP contribution in [0, 0.1) is 0 Å². The van der Waals surface area contributed by atoms with Crippen LogP contribution >= 0.6 is 0 Å². The summed E-state index contributed by atoms with van der Waals surface area (Å²) >= 11 is 0. The van der Waals surface area contributed by atoms with Gasteiger partial charge in [0.15, 0.2) is 0 Å². The third-order valence-electron chi connectivity index (χ3n) is 2.28. The molecule has 0 N–H and O–H groups in total. The molecule has 1 aromatic rings. The summed E-state index contributed by atoms with van der Waals surface area (Å²) in [6.45, 7) is 4.11. The van der Waals surface area contributed by atoms with Gasteiger partial charge in [0.2, 0.25) is 0 Å². The number of esters is 1. The Bertz CT molecular complexity index is 441. The highest BCUT2D eigenvalue weighted by molar-refractivity contribution is 5.82. The van der Waals surface area contributed by atoms with Gasteiger partial charge in [0.25, 0.3) is 0 Å². The minimum Gasteiger partial charge on any atom is -0.497 e. The molecular weight excluding hydrogens is 228 g/mol. The zero-order chi connectivity index (χ0) is 13.4. The minimum atomic E-state index is -0.319. The smallest absolute Gasteiger partial charge is 0.330 e. The molecule has 96 valence electrons. The Kier molecular flexibility index (Phi) is 5.71. The summed E-state index contributed by atoms with van der Waals surface area (Å²) in [6, 6.07) is 7.71. The molecule has 18 heavy (non-hydrogen) atoms. The van der Waals surface area contributed by atoms with Gasteiger partial charge in [-0.15, -0.1) is 0 Å². The Balaban J connectivity index is 2.67. The van der Waals surface area contributed by atoms with Crippen molar-refractivity contribution in [2.75, 3.05) is 13.7 Å². The molecule has 0 spiro atoms. The normalized spacial score (nSPS) is 11.6. The number of ether oxygens (including phenoxy) is 2. The average molecular weight is 246 g/mol. The maximum atomic E-state index is 11.1. The van der Waals surface area contributed by atoms with Crippen LogP contribution in [0.3, 0.4) is 0 Å². The fourth-order valence-electron chi connectivity index (χ4n) is 1.40. The molecule has 0 aliphatic heterocycles. The lowest BCUT2D eigenvalue weighted by Crippen LogP contribution is -1.98. The third kappa shape index (κ3) is 4.87. The highest BCUT2D eigenvalue weighted by Crippen LogP contribution is 2.14. The summed E-state index contributed by atoms with van der Waals surface area (Å²) in [5, 5.41) is 0. The lowest BCUT2D eigenvalue weighted by atomic mass is 10.1. The third-order valence-corrected chi connectivity index (χ3v) is 2.28. The molecule has 0 fully saturated rings. The van der Waals surface area contributed by atoms with Crippen molar-refractivity contribution in [1.29, 1.82) is 0 Å². The fraction of sp³-hybridized carbons (Fsp3) is 0.267. The van der Waals surface area contributed by atoms with Crippen molar-refractivity contribution in [1.82, 2.24) is 0 Å². The first-order chi connectivity index (χ1) is 8.65. The molecule has 0 atom stereocenters. The van der Waals surface area contributed by atoms with Gasteiger partial charge >= 0.3 is 5.97 Å². The van der Waals surface area contributed by atoms with E-state index < -0.39 is 0 Å². The first kappa shape index (κ1) is 14.0. The van der Waals surface area contributed by atoms with Crippen LogP contribution in [0.25, 0.3) is 6.08 Å². The second kappa shape index (κ2) is 7.33. The highest BCUT2D eigenvalue weighted by atomic mass is 16.5. The Labute approximate surface area is 108 Å². The molecule has 0 aliphatic rings. The Morgan fingerprint density at radius 3 is 2.44 bits per heavy atom. The van der Waals surface area contributed by atoms with E-state index in [1.807, 2.05) is 37.3 Å². The maximum Gasteiger partial charge on any atom is 0.330 e. The van der Waals surface area contributed by atoms with Crippen LogP contribution in [0.2, 0.25) is 0 Å². The number of carbonyl (C=O) groups excluding carboxylic acids is 1. The van der Waals surface area contributed by atoms with E-state index >= 15 is 0 Å². The predicted octanol–water partition coefficient (Wildman–Crippen LogP) is 3.22.